The van der Waals surface area contributed by atoms with E-state index < -0.39 is 11.9 Å². The van der Waals surface area contributed by atoms with E-state index in [9.17, 15) is 4.79 Å². The summed E-state index contributed by atoms with van der Waals surface area (Å²) in [6.45, 7) is 1.53. The number of amides is 1. The minimum absolute atomic E-state index is 0.000882. The lowest BCUT2D eigenvalue weighted by molar-refractivity contribution is -0.159. The second-order valence-corrected chi connectivity index (χ2v) is 6.64. The number of carboxylic acid groups (broad SMARTS) is 2. The first-order chi connectivity index (χ1) is 13.2. The first kappa shape index (κ1) is 21.1. The van der Waals surface area contributed by atoms with Gasteiger partial charge in [0.15, 0.2) is 0 Å². The van der Waals surface area contributed by atoms with E-state index >= 15 is 0 Å². The van der Waals surface area contributed by atoms with Crippen LogP contribution in [0.25, 0.3) is 10.9 Å². The summed E-state index contributed by atoms with van der Waals surface area (Å²) >= 11 is 0. The van der Waals surface area contributed by atoms with Gasteiger partial charge in [0.25, 0.3) is 5.91 Å². The fraction of sp³-hybridized carbons (Fsp3) is 0.368. The van der Waals surface area contributed by atoms with Crippen LogP contribution in [0.2, 0.25) is 0 Å². The normalized spacial score (nSPS) is 15.9. The molecule has 0 fully saturated rings. The van der Waals surface area contributed by atoms with Crippen LogP contribution in [-0.4, -0.2) is 83.2 Å². The Morgan fingerprint density at radius 2 is 1.93 bits per heavy atom. The summed E-state index contributed by atoms with van der Waals surface area (Å²) in [4.78, 5) is 39.1. The van der Waals surface area contributed by atoms with Crippen molar-refractivity contribution in [2.24, 2.45) is 0 Å². The smallest absolute Gasteiger partial charge is 0.414 e. The molecule has 1 aliphatic heterocycles. The number of aromatic nitrogens is 1. The third-order valence-corrected chi connectivity index (χ3v) is 4.16. The molecule has 2 N–H and O–H groups in total. The van der Waals surface area contributed by atoms with E-state index in [4.69, 9.17) is 24.5 Å². The number of hydrogen-bond donors (Lipinski definition) is 2. The molecule has 0 aliphatic carbocycles. The number of benzene rings is 1. The van der Waals surface area contributed by atoms with Gasteiger partial charge in [0.1, 0.15) is 11.9 Å². The number of carboxylic acids is 2. The molecule has 9 nitrogen and oxygen atoms in total. The molecule has 2 heterocycles. The average Bonchev–Trinajstić information content (AvgIpc) is 2.77. The molecule has 0 spiro atoms. The van der Waals surface area contributed by atoms with Crippen LogP contribution in [-0.2, 0) is 9.59 Å². The Morgan fingerprint density at radius 1 is 1.25 bits per heavy atom. The highest BCUT2D eigenvalue weighted by atomic mass is 16.5. The molecule has 1 unspecified atom stereocenters. The zero-order valence-electron chi connectivity index (χ0n) is 16.0. The first-order valence-electron chi connectivity index (χ1n) is 8.61. The predicted molar refractivity (Wildman–Crippen MR) is 102 cm³/mol. The molecular weight excluding hydrogens is 366 g/mol. The Kier molecular flexibility index (Phi) is 6.89. The minimum atomic E-state index is -1.82. The van der Waals surface area contributed by atoms with Crippen molar-refractivity contribution in [2.45, 2.75) is 12.5 Å². The highest BCUT2D eigenvalue weighted by Gasteiger charge is 2.28. The fourth-order valence-electron chi connectivity index (χ4n) is 2.80. The topological polar surface area (TPSA) is 120 Å². The van der Waals surface area contributed by atoms with Crippen molar-refractivity contribution in [1.29, 1.82) is 0 Å². The summed E-state index contributed by atoms with van der Waals surface area (Å²) in [5.74, 6) is -2.98. The van der Waals surface area contributed by atoms with Gasteiger partial charge in [-0.15, -0.1) is 0 Å². The van der Waals surface area contributed by atoms with Crippen LogP contribution in [0.4, 0.5) is 0 Å². The summed E-state index contributed by atoms with van der Waals surface area (Å²) in [5, 5.41) is 15.6. The number of aliphatic carboxylic acids is 2. The molecule has 0 bridgehead atoms. The largest absolute Gasteiger partial charge is 0.488 e. The van der Waals surface area contributed by atoms with Crippen molar-refractivity contribution in [1.82, 2.24) is 14.8 Å². The predicted octanol–water partition coefficient (Wildman–Crippen LogP) is 1.18. The number of pyridine rings is 1. The Balaban J connectivity index is 0.000000409. The molecule has 9 heteroatoms. The molecule has 28 heavy (non-hydrogen) atoms. The van der Waals surface area contributed by atoms with Gasteiger partial charge in [0.2, 0.25) is 0 Å². The maximum Gasteiger partial charge on any atom is 0.414 e. The van der Waals surface area contributed by atoms with Gasteiger partial charge in [-0.3, -0.25) is 9.78 Å². The Labute approximate surface area is 162 Å². The second-order valence-electron chi connectivity index (χ2n) is 6.64. The number of likely N-dealkylation sites (N-methyl/N-ethyl adjacent to an activating group) is 1. The van der Waals surface area contributed by atoms with Crippen LogP contribution in [0.1, 0.15) is 16.8 Å². The average molecular weight is 389 g/mol. The van der Waals surface area contributed by atoms with Gasteiger partial charge in [-0.25, -0.2) is 9.59 Å². The SMILES string of the molecule is CN(C)CCC1CN(C)C(=O)c2c(ccc3ncccc23)O1.O=C(O)C(=O)O. The van der Waals surface area contributed by atoms with E-state index in [2.05, 4.69) is 9.88 Å². The maximum absolute atomic E-state index is 12.7. The lowest BCUT2D eigenvalue weighted by atomic mass is 10.1. The molecule has 0 saturated carbocycles. The molecular formula is C19H23N3O6. The summed E-state index contributed by atoms with van der Waals surface area (Å²) in [6.07, 6.45) is 2.63. The van der Waals surface area contributed by atoms with Crippen molar-refractivity contribution >= 4 is 28.7 Å². The lowest BCUT2D eigenvalue weighted by Crippen LogP contribution is -2.35. The molecule has 0 radical (unpaired) electrons. The van der Waals surface area contributed by atoms with E-state index in [1.54, 1.807) is 11.1 Å². The summed E-state index contributed by atoms with van der Waals surface area (Å²) in [5.41, 5.74) is 1.44. The van der Waals surface area contributed by atoms with Crippen molar-refractivity contribution in [3.8, 4) is 5.75 Å². The maximum atomic E-state index is 12.7. The van der Waals surface area contributed by atoms with Crippen molar-refractivity contribution < 1.29 is 29.3 Å². The highest BCUT2D eigenvalue weighted by Crippen LogP contribution is 2.31. The second kappa shape index (κ2) is 9.14. The fourth-order valence-corrected chi connectivity index (χ4v) is 2.80. The van der Waals surface area contributed by atoms with E-state index in [1.165, 1.54) is 0 Å². The molecule has 2 aromatic rings. The zero-order chi connectivity index (χ0) is 20.8. The first-order valence-corrected chi connectivity index (χ1v) is 8.61. The quantitative estimate of drug-likeness (QED) is 0.751. The molecule has 1 aliphatic rings. The van der Waals surface area contributed by atoms with Crippen LogP contribution in [0.3, 0.4) is 0 Å². The van der Waals surface area contributed by atoms with Crippen molar-refractivity contribution in [3.05, 3.63) is 36.0 Å². The van der Waals surface area contributed by atoms with Gasteiger partial charge in [0, 0.05) is 25.2 Å². The number of hydrogen-bond acceptors (Lipinski definition) is 6. The number of carbonyl (C=O) groups excluding carboxylic acids is 1. The summed E-state index contributed by atoms with van der Waals surface area (Å²) < 4.78 is 6.14. The summed E-state index contributed by atoms with van der Waals surface area (Å²) in [7, 11) is 5.91. The summed E-state index contributed by atoms with van der Waals surface area (Å²) in [6, 6.07) is 7.56. The Morgan fingerprint density at radius 3 is 2.54 bits per heavy atom. The number of carbonyl (C=O) groups is 3. The number of ether oxygens (including phenoxy) is 1. The molecule has 1 aromatic heterocycles. The Hall–Kier alpha value is -3.20. The Bertz CT molecular complexity index is 871. The van der Waals surface area contributed by atoms with Crippen LogP contribution in [0, 0.1) is 0 Å². The van der Waals surface area contributed by atoms with Gasteiger partial charge in [-0.1, -0.05) is 6.07 Å². The number of nitrogens with zero attached hydrogens (tertiary/aromatic N) is 3. The third kappa shape index (κ3) is 5.17. The molecule has 1 atom stereocenters. The van der Waals surface area contributed by atoms with Crippen molar-refractivity contribution in [2.75, 3.05) is 34.2 Å². The van der Waals surface area contributed by atoms with Crippen molar-refractivity contribution in [3.63, 3.8) is 0 Å². The molecule has 1 amide bonds. The van der Waals surface area contributed by atoms with Gasteiger partial charge in [-0.05, 0) is 38.7 Å². The molecule has 1 aromatic carbocycles. The van der Waals surface area contributed by atoms with E-state index in [1.807, 2.05) is 45.4 Å². The number of rotatable bonds is 3. The van der Waals surface area contributed by atoms with Crippen LogP contribution in [0.15, 0.2) is 30.5 Å². The van der Waals surface area contributed by atoms with Crippen LogP contribution in [0.5, 0.6) is 5.75 Å². The van der Waals surface area contributed by atoms with Crippen LogP contribution < -0.4 is 4.74 Å². The minimum Gasteiger partial charge on any atom is -0.488 e. The molecule has 3 rings (SSSR count). The van der Waals surface area contributed by atoms with E-state index in [0.717, 1.165) is 23.9 Å². The van der Waals surface area contributed by atoms with E-state index in [0.29, 0.717) is 17.9 Å². The van der Waals surface area contributed by atoms with Gasteiger partial charge in [-0.2, -0.15) is 0 Å². The third-order valence-electron chi connectivity index (χ3n) is 4.16. The number of fused-ring (bicyclic) bond motifs is 3. The molecule has 0 saturated heterocycles. The standard InChI is InChI=1S/C17H21N3O2.C2H2O4/c1-19(2)10-8-12-11-20(3)17(21)16-13-5-4-9-18-14(13)6-7-15(16)22-12;3-1(4)2(5)6/h4-7,9,12H,8,10-11H2,1-3H3;(H,3,4)(H,5,6). The lowest BCUT2D eigenvalue weighted by Gasteiger charge is -2.22. The highest BCUT2D eigenvalue weighted by molar-refractivity contribution is 6.27. The molecule has 150 valence electrons. The van der Waals surface area contributed by atoms with Gasteiger partial charge >= 0.3 is 11.9 Å². The zero-order valence-corrected chi connectivity index (χ0v) is 16.0. The van der Waals surface area contributed by atoms with Gasteiger partial charge < -0.3 is 24.7 Å². The van der Waals surface area contributed by atoms with Gasteiger partial charge in [0.05, 0.1) is 17.6 Å². The van der Waals surface area contributed by atoms with E-state index in [-0.39, 0.29) is 12.0 Å². The monoisotopic (exact) mass is 389 g/mol. The van der Waals surface area contributed by atoms with Crippen LogP contribution >= 0.6 is 0 Å².